The van der Waals surface area contributed by atoms with Crippen molar-refractivity contribution in [3.05, 3.63) is 11.6 Å². The van der Waals surface area contributed by atoms with Crippen LogP contribution < -0.4 is 5.32 Å². The van der Waals surface area contributed by atoms with Gasteiger partial charge >= 0.3 is 6.18 Å². The Bertz CT molecular complexity index is 337. The van der Waals surface area contributed by atoms with Crippen molar-refractivity contribution in [1.29, 1.82) is 0 Å². The minimum absolute atomic E-state index is 0.0660. The molecule has 0 aromatic carbocycles. The lowest BCUT2D eigenvalue weighted by Crippen LogP contribution is -2.47. The van der Waals surface area contributed by atoms with E-state index in [4.69, 9.17) is 0 Å². The van der Waals surface area contributed by atoms with E-state index in [1.807, 2.05) is 0 Å². The van der Waals surface area contributed by atoms with Gasteiger partial charge < -0.3 is 4.90 Å². The summed E-state index contributed by atoms with van der Waals surface area (Å²) in [5, 5.41) is 3.02. The van der Waals surface area contributed by atoms with E-state index in [2.05, 4.69) is 5.32 Å². The molecule has 1 amide bonds. The number of amides is 1. The second-order valence-electron chi connectivity index (χ2n) is 4.03. The molecule has 0 aromatic heterocycles. The van der Waals surface area contributed by atoms with Gasteiger partial charge in [0.15, 0.2) is 0 Å². The van der Waals surface area contributed by atoms with E-state index in [-0.39, 0.29) is 31.5 Å². The number of hydrogen-bond acceptors (Lipinski definition) is 3. The second-order valence-corrected chi connectivity index (χ2v) is 5.06. The van der Waals surface area contributed by atoms with Crippen LogP contribution in [-0.4, -0.2) is 47.7 Å². The molecule has 0 saturated carbocycles. The van der Waals surface area contributed by atoms with Crippen molar-refractivity contribution >= 4 is 17.7 Å². The highest BCUT2D eigenvalue weighted by Gasteiger charge is 2.36. The molecule has 1 saturated heterocycles. The maximum absolute atomic E-state index is 12.4. The first kappa shape index (κ1) is 12.8. The van der Waals surface area contributed by atoms with Crippen LogP contribution in [0.1, 0.15) is 6.42 Å². The maximum Gasteiger partial charge on any atom is 0.412 e. The number of thioether (sulfide) groups is 1. The SMILES string of the molecule is O=C(C1CSCN1)N1CC=C(C(F)(F)F)CC1. The Morgan fingerprint density at radius 3 is 2.76 bits per heavy atom. The van der Waals surface area contributed by atoms with E-state index in [0.717, 1.165) is 12.0 Å². The summed E-state index contributed by atoms with van der Waals surface area (Å²) in [5.74, 6) is 1.34. The van der Waals surface area contributed by atoms with Crippen LogP contribution in [0.2, 0.25) is 0 Å². The van der Waals surface area contributed by atoms with Crippen molar-refractivity contribution in [3.63, 3.8) is 0 Å². The number of carbonyl (C=O) groups is 1. The Labute approximate surface area is 101 Å². The summed E-state index contributed by atoms with van der Waals surface area (Å²) in [6.07, 6.45) is -3.24. The van der Waals surface area contributed by atoms with Crippen molar-refractivity contribution in [2.75, 3.05) is 24.7 Å². The molecule has 3 nitrogen and oxygen atoms in total. The van der Waals surface area contributed by atoms with Gasteiger partial charge in [0.05, 0.1) is 6.04 Å². The molecule has 7 heteroatoms. The van der Waals surface area contributed by atoms with Gasteiger partial charge in [0.1, 0.15) is 0 Å². The second kappa shape index (κ2) is 4.89. The van der Waals surface area contributed by atoms with Crippen molar-refractivity contribution in [1.82, 2.24) is 10.2 Å². The number of halogens is 3. The van der Waals surface area contributed by atoms with Gasteiger partial charge in [-0.25, -0.2) is 0 Å². The Morgan fingerprint density at radius 2 is 2.29 bits per heavy atom. The number of hydrogen-bond donors (Lipinski definition) is 1. The van der Waals surface area contributed by atoms with Gasteiger partial charge in [-0.05, 0) is 6.42 Å². The molecular weight excluding hydrogens is 253 g/mol. The fourth-order valence-electron chi connectivity index (χ4n) is 1.90. The highest BCUT2D eigenvalue weighted by molar-refractivity contribution is 7.99. The van der Waals surface area contributed by atoms with E-state index in [1.54, 1.807) is 11.8 Å². The Hall–Kier alpha value is -0.690. The molecule has 0 aliphatic carbocycles. The minimum Gasteiger partial charge on any atom is -0.337 e. The number of nitrogens with zero attached hydrogens (tertiary/aromatic N) is 1. The molecule has 1 N–H and O–H groups in total. The average molecular weight is 266 g/mol. The molecule has 2 aliphatic rings. The molecule has 2 heterocycles. The largest absolute Gasteiger partial charge is 0.412 e. The summed E-state index contributed by atoms with van der Waals surface area (Å²) in [6.45, 7) is 0.226. The molecular formula is C10H13F3N2OS. The first-order valence-corrected chi connectivity index (χ1v) is 6.50. The Morgan fingerprint density at radius 1 is 1.53 bits per heavy atom. The highest BCUT2D eigenvalue weighted by Crippen LogP contribution is 2.30. The summed E-state index contributed by atoms with van der Waals surface area (Å²) in [6, 6.07) is -0.235. The summed E-state index contributed by atoms with van der Waals surface area (Å²) in [7, 11) is 0. The first-order chi connectivity index (χ1) is 7.98. The van der Waals surface area contributed by atoms with Crippen molar-refractivity contribution in [2.24, 2.45) is 0 Å². The Kier molecular flexibility index (Phi) is 3.67. The number of nitrogens with one attached hydrogen (secondary N) is 1. The number of rotatable bonds is 1. The van der Waals surface area contributed by atoms with E-state index in [9.17, 15) is 18.0 Å². The van der Waals surface area contributed by atoms with Gasteiger partial charge in [-0.15, -0.1) is 11.8 Å². The van der Waals surface area contributed by atoms with E-state index in [0.29, 0.717) is 5.75 Å². The normalized spacial score (nSPS) is 25.9. The van der Waals surface area contributed by atoms with Gasteiger partial charge in [0, 0.05) is 30.3 Å². The topological polar surface area (TPSA) is 32.3 Å². The molecule has 17 heavy (non-hydrogen) atoms. The minimum atomic E-state index is -4.25. The average Bonchev–Trinajstić information content (AvgIpc) is 2.80. The molecule has 0 bridgehead atoms. The summed E-state index contributed by atoms with van der Waals surface area (Å²) in [4.78, 5) is 13.4. The van der Waals surface area contributed by atoms with Crippen LogP contribution >= 0.6 is 11.8 Å². The standard InChI is InChI=1S/C10H13F3N2OS/c11-10(12,13)7-1-3-15(4-2-7)9(16)8-5-17-6-14-8/h1,8,14H,2-6H2. The fraction of sp³-hybridized carbons (Fsp3) is 0.700. The Balaban J connectivity index is 1.94. The predicted octanol–water partition coefficient (Wildman–Crippen LogP) is 1.37. The van der Waals surface area contributed by atoms with Gasteiger partial charge in [0.25, 0.3) is 0 Å². The third-order valence-electron chi connectivity index (χ3n) is 2.90. The molecule has 2 aliphatic heterocycles. The monoisotopic (exact) mass is 266 g/mol. The number of alkyl halides is 3. The molecule has 0 spiro atoms. The van der Waals surface area contributed by atoms with Crippen molar-refractivity contribution in [2.45, 2.75) is 18.6 Å². The molecule has 0 radical (unpaired) electrons. The zero-order chi connectivity index (χ0) is 12.5. The lowest BCUT2D eigenvalue weighted by atomic mass is 10.1. The molecule has 96 valence electrons. The van der Waals surface area contributed by atoms with Gasteiger partial charge in [-0.1, -0.05) is 6.08 Å². The van der Waals surface area contributed by atoms with Crippen LogP contribution in [-0.2, 0) is 4.79 Å². The first-order valence-electron chi connectivity index (χ1n) is 5.34. The quantitative estimate of drug-likeness (QED) is 0.728. The zero-order valence-corrected chi connectivity index (χ0v) is 9.90. The fourth-order valence-corrected chi connectivity index (χ4v) is 2.83. The van der Waals surface area contributed by atoms with Crippen LogP contribution in [0.3, 0.4) is 0 Å². The lowest BCUT2D eigenvalue weighted by Gasteiger charge is -2.29. The molecule has 1 fully saturated rings. The highest BCUT2D eigenvalue weighted by atomic mass is 32.2. The van der Waals surface area contributed by atoms with Crippen LogP contribution in [0.25, 0.3) is 0 Å². The van der Waals surface area contributed by atoms with Crippen LogP contribution in [0.15, 0.2) is 11.6 Å². The van der Waals surface area contributed by atoms with E-state index < -0.39 is 11.7 Å². The third-order valence-corrected chi connectivity index (χ3v) is 3.84. The smallest absolute Gasteiger partial charge is 0.337 e. The summed E-state index contributed by atoms with van der Waals surface area (Å²) >= 11 is 1.63. The van der Waals surface area contributed by atoms with Crippen molar-refractivity contribution < 1.29 is 18.0 Å². The molecule has 1 unspecified atom stereocenters. The summed E-state index contributed by atoms with van der Waals surface area (Å²) in [5.41, 5.74) is -0.518. The lowest BCUT2D eigenvalue weighted by molar-refractivity contribution is -0.133. The van der Waals surface area contributed by atoms with Crippen molar-refractivity contribution in [3.8, 4) is 0 Å². The number of carbonyl (C=O) groups excluding carboxylic acids is 1. The van der Waals surface area contributed by atoms with E-state index in [1.165, 1.54) is 4.90 Å². The summed E-state index contributed by atoms with van der Waals surface area (Å²) < 4.78 is 37.1. The van der Waals surface area contributed by atoms with E-state index >= 15 is 0 Å². The van der Waals surface area contributed by atoms with Crippen LogP contribution in [0.5, 0.6) is 0 Å². The third kappa shape index (κ3) is 2.95. The van der Waals surface area contributed by atoms with Crippen LogP contribution in [0, 0.1) is 0 Å². The maximum atomic E-state index is 12.4. The molecule has 0 aromatic rings. The zero-order valence-electron chi connectivity index (χ0n) is 9.09. The predicted molar refractivity (Wildman–Crippen MR) is 59.6 cm³/mol. The molecule has 2 rings (SSSR count). The van der Waals surface area contributed by atoms with Gasteiger partial charge in [0.2, 0.25) is 5.91 Å². The van der Waals surface area contributed by atoms with Crippen LogP contribution in [0.4, 0.5) is 13.2 Å². The molecule has 1 atom stereocenters. The van der Waals surface area contributed by atoms with Gasteiger partial charge in [-0.2, -0.15) is 13.2 Å². The van der Waals surface area contributed by atoms with Gasteiger partial charge in [-0.3, -0.25) is 10.1 Å².